The monoisotopic (exact) mass is 384 g/mol. The zero-order chi connectivity index (χ0) is 18.2. The number of halogens is 3. The highest BCUT2D eigenvalue weighted by Gasteiger charge is 2.11. The molecule has 0 spiro atoms. The van der Waals surface area contributed by atoms with Crippen LogP contribution in [0, 0.1) is 0 Å². The Labute approximate surface area is 144 Å². The average Bonchev–Trinajstić information content (AvgIpc) is 2.47. The number of rotatable bonds is 8. The van der Waals surface area contributed by atoms with Gasteiger partial charge in [-0.3, -0.25) is 4.99 Å². The van der Waals surface area contributed by atoms with E-state index in [4.69, 9.17) is 11.6 Å². The quantitative estimate of drug-likeness (QED) is 0.355. The Balaban J connectivity index is 2.58. The number of guanidine groups is 1. The molecule has 0 saturated heterocycles. The van der Waals surface area contributed by atoms with Gasteiger partial charge in [0.15, 0.2) is 5.96 Å². The highest BCUT2D eigenvalue weighted by atomic mass is 35.5. The summed E-state index contributed by atoms with van der Waals surface area (Å²) in [7, 11) is -1.74. The third-order valence-electron chi connectivity index (χ3n) is 2.69. The minimum atomic E-state index is -3.26. The molecule has 0 fully saturated rings. The van der Waals surface area contributed by atoms with E-state index >= 15 is 0 Å². The van der Waals surface area contributed by atoms with Crippen LogP contribution in [0.25, 0.3) is 0 Å². The van der Waals surface area contributed by atoms with Gasteiger partial charge in [-0.15, -0.1) is 0 Å². The lowest BCUT2D eigenvalue weighted by Gasteiger charge is -2.15. The van der Waals surface area contributed by atoms with Crippen molar-refractivity contribution in [1.29, 1.82) is 0 Å². The van der Waals surface area contributed by atoms with Gasteiger partial charge in [-0.2, -0.15) is 8.78 Å². The molecule has 0 aliphatic carbocycles. The van der Waals surface area contributed by atoms with Crippen molar-refractivity contribution in [2.24, 2.45) is 4.99 Å². The predicted molar refractivity (Wildman–Crippen MR) is 89.1 cm³/mol. The molecule has 0 atom stereocenters. The second kappa shape index (κ2) is 9.60. The van der Waals surface area contributed by atoms with Gasteiger partial charge in [0, 0.05) is 37.3 Å². The van der Waals surface area contributed by atoms with E-state index in [0.717, 1.165) is 6.26 Å². The van der Waals surface area contributed by atoms with Gasteiger partial charge < -0.3 is 15.4 Å². The summed E-state index contributed by atoms with van der Waals surface area (Å²) in [6.45, 7) is -2.33. The van der Waals surface area contributed by atoms with E-state index in [1.165, 1.54) is 25.2 Å². The highest BCUT2D eigenvalue weighted by molar-refractivity contribution is 7.88. The van der Waals surface area contributed by atoms with Gasteiger partial charge in [0.2, 0.25) is 10.0 Å². The van der Waals surface area contributed by atoms with Gasteiger partial charge in [0.05, 0.1) is 6.26 Å². The molecule has 1 aromatic rings. The third-order valence-corrected chi connectivity index (χ3v) is 3.65. The van der Waals surface area contributed by atoms with Crippen LogP contribution in [0.5, 0.6) is 5.75 Å². The van der Waals surface area contributed by atoms with Gasteiger partial charge >= 0.3 is 6.61 Å². The topological polar surface area (TPSA) is 91.8 Å². The van der Waals surface area contributed by atoms with Crippen LogP contribution in [0.2, 0.25) is 5.02 Å². The number of nitrogens with one attached hydrogen (secondary N) is 3. The molecule has 0 aliphatic heterocycles. The van der Waals surface area contributed by atoms with Crippen LogP contribution in [0.1, 0.15) is 5.56 Å². The van der Waals surface area contributed by atoms with Crippen LogP contribution < -0.4 is 20.1 Å². The fourth-order valence-corrected chi connectivity index (χ4v) is 2.38. The molecule has 0 unspecified atom stereocenters. The largest absolute Gasteiger partial charge is 0.434 e. The van der Waals surface area contributed by atoms with E-state index in [2.05, 4.69) is 25.1 Å². The van der Waals surface area contributed by atoms with Gasteiger partial charge in [0.25, 0.3) is 0 Å². The summed E-state index contributed by atoms with van der Waals surface area (Å²) in [6, 6.07) is 4.31. The van der Waals surface area contributed by atoms with E-state index in [1.54, 1.807) is 0 Å². The Bertz CT molecular complexity index is 671. The smallest absolute Gasteiger partial charge is 0.387 e. The highest BCUT2D eigenvalue weighted by Crippen LogP contribution is 2.24. The van der Waals surface area contributed by atoms with E-state index in [0.29, 0.717) is 23.1 Å². The number of nitrogens with zero attached hydrogens (tertiary/aromatic N) is 1. The summed E-state index contributed by atoms with van der Waals surface area (Å²) >= 11 is 5.87. The summed E-state index contributed by atoms with van der Waals surface area (Å²) in [5, 5.41) is 6.16. The Morgan fingerprint density at radius 1 is 1.33 bits per heavy atom. The molecule has 0 heterocycles. The molecule has 24 heavy (non-hydrogen) atoms. The van der Waals surface area contributed by atoms with Crippen LogP contribution in [-0.4, -0.2) is 47.4 Å². The number of ether oxygens (including phenoxy) is 1. The standard InChI is InChI=1S/C13H19ClF2N4O3S/c1-17-13(18-5-6-20-24(2,21)22)19-8-9-7-10(14)3-4-11(9)23-12(15)16/h3-4,7,12,20H,5-6,8H2,1-2H3,(H2,17,18,19). The number of aliphatic imine (C=N–C) groups is 1. The lowest BCUT2D eigenvalue weighted by Crippen LogP contribution is -2.41. The average molecular weight is 385 g/mol. The van der Waals surface area contributed by atoms with E-state index in [-0.39, 0.29) is 18.8 Å². The first-order chi connectivity index (χ1) is 11.2. The molecule has 7 nitrogen and oxygen atoms in total. The van der Waals surface area contributed by atoms with Crippen LogP contribution in [0.15, 0.2) is 23.2 Å². The SMILES string of the molecule is CN=C(NCCNS(C)(=O)=O)NCc1cc(Cl)ccc1OC(F)F. The zero-order valence-corrected chi connectivity index (χ0v) is 14.7. The molecular weight excluding hydrogens is 366 g/mol. The molecule has 3 N–H and O–H groups in total. The van der Waals surface area contributed by atoms with Crippen molar-refractivity contribution in [3.05, 3.63) is 28.8 Å². The van der Waals surface area contributed by atoms with Gasteiger partial charge in [0.1, 0.15) is 5.75 Å². The summed E-state index contributed by atoms with van der Waals surface area (Å²) in [6.07, 6.45) is 1.06. The second-order valence-electron chi connectivity index (χ2n) is 4.65. The molecule has 0 amide bonds. The Morgan fingerprint density at radius 3 is 2.62 bits per heavy atom. The molecule has 1 rings (SSSR count). The minimum absolute atomic E-state index is 0.0103. The van der Waals surface area contributed by atoms with E-state index in [9.17, 15) is 17.2 Å². The third kappa shape index (κ3) is 8.27. The van der Waals surface area contributed by atoms with Crippen LogP contribution >= 0.6 is 11.6 Å². The summed E-state index contributed by atoms with van der Waals surface area (Å²) in [5.41, 5.74) is 0.431. The Hall–Kier alpha value is -1.65. The molecule has 1 aromatic carbocycles. The van der Waals surface area contributed by atoms with Crippen molar-refractivity contribution >= 4 is 27.6 Å². The van der Waals surface area contributed by atoms with Crippen molar-refractivity contribution in [2.45, 2.75) is 13.2 Å². The fourth-order valence-electron chi connectivity index (χ4n) is 1.71. The van der Waals surface area contributed by atoms with Crippen molar-refractivity contribution in [1.82, 2.24) is 15.4 Å². The van der Waals surface area contributed by atoms with Crippen LogP contribution in [0.4, 0.5) is 8.78 Å². The maximum atomic E-state index is 12.4. The van der Waals surface area contributed by atoms with Crippen LogP contribution in [-0.2, 0) is 16.6 Å². The first-order valence-electron chi connectivity index (χ1n) is 6.83. The second-order valence-corrected chi connectivity index (χ2v) is 6.92. The fraction of sp³-hybridized carbons (Fsp3) is 0.462. The molecule has 136 valence electrons. The predicted octanol–water partition coefficient (Wildman–Crippen LogP) is 1.16. The Morgan fingerprint density at radius 2 is 2.04 bits per heavy atom. The molecule has 0 bridgehead atoms. The molecular formula is C13H19ClF2N4O3S. The Kier molecular flexibility index (Phi) is 8.16. The van der Waals surface area contributed by atoms with Crippen molar-refractivity contribution in [2.75, 3.05) is 26.4 Å². The van der Waals surface area contributed by atoms with E-state index in [1.807, 2.05) is 0 Å². The number of alkyl halides is 2. The van der Waals surface area contributed by atoms with Gasteiger partial charge in [-0.1, -0.05) is 11.6 Å². The van der Waals surface area contributed by atoms with E-state index < -0.39 is 16.6 Å². The van der Waals surface area contributed by atoms with Gasteiger partial charge in [-0.05, 0) is 18.2 Å². The molecule has 0 aromatic heterocycles. The number of sulfonamides is 1. The van der Waals surface area contributed by atoms with Crippen LogP contribution in [0.3, 0.4) is 0 Å². The molecule has 0 aliphatic rings. The maximum absolute atomic E-state index is 12.4. The number of benzene rings is 1. The maximum Gasteiger partial charge on any atom is 0.387 e. The normalized spacial score (nSPS) is 12.3. The van der Waals surface area contributed by atoms with Crippen molar-refractivity contribution in [3.8, 4) is 5.75 Å². The lowest BCUT2D eigenvalue weighted by atomic mass is 10.2. The summed E-state index contributed by atoms with van der Waals surface area (Å²) < 4.78 is 53.4. The minimum Gasteiger partial charge on any atom is -0.434 e. The lowest BCUT2D eigenvalue weighted by molar-refractivity contribution is -0.0504. The number of hydrogen-bond acceptors (Lipinski definition) is 4. The first-order valence-corrected chi connectivity index (χ1v) is 9.10. The molecule has 0 saturated carbocycles. The van der Waals surface area contributed by atoms with Crippen molar-refractivity contribution < 1.29 is 21.9 Å². The summed E-state index contributed by atoms with van der Waals surface area (Å²) in [4.78, 5) is 3.95. The first kappa shape index (κ1) is 20.4. The van der Waals surface area contributed by atoms with Gasteiger partial charge in [-0.25, -0.2) is 13.1 Å². The molecule has 11 heteroatoms. The van der Waals surface area contributed by atoms with Crippen molar-refractivity contribution in [3.63, 3.8) is 0 Å². The number of hydrogen-bond donors (Lipinski definition) is 3. The summed E-state index contributed by atoms with van der Waals surface area (Å²) in [5.74, 6) is 0.379. The zero-order valence-electron chi connectivity index (χ0n) is 13.1. The molecule has 0 radical (unpaired) electrons.